The van der Waals surface area contributed by atoms with Gasteiger partial charge < -0.3 is 0 Å². The van der Waals surface area contributed by atoms with E-state index < -0.39 is 34.3 Å². The van der Waals surface area contributed by atoms with E-state index >= 15 is 0 Å². The Balaban J connectivity index is 2.44. The lowest BCUT2D eigenvalue weighted by Gasteiger charge is -2.25. The number of carbonyl (C=O) groups is 1. The average molecular weight is 273 g/mol. The highest BCUT2D eigenvalue weighted by Crippen LogP contribution is 2.35. The maximum atomic E-state index is 13.6. The summed E-state index contributed by atoms with van der Waals surface area (Å²) in [7, 11) is 0. The summed E-state index contributed by atoms with van der Waals surface area (Å²) in [6.07, 6.45) is -0.198. The summed E-state index contributed by atoms with van der Waals surface area (Å²) < 4.78 is 39.6. The molecule has 0 heterocycles. The van der Waals surface area contributed by atoms with E-state index in [1.807, 2.05) is 0 Å². The quantitative estimate of drug-likeness (QED) is 0.472. The molecular formula is C12H10F3NO3. The molecule has 0 saturated heterocycles. The molecule has 7 heteroatoms. The monoisotopic (exact) mass is 273 g/mol. The molecule has 2 atom stereocenters. The molecule has 0 unspecified atom stereocenters. The summed E-state index contributed by atoms with van der Waals surface area (Å²) in [5.74, 6) is -5.00. The number of ketones is 1. The summed E-state index contributed by atoms with van der Waals surface area (Å²) in [5, 5.41) is 10.9. The Labute approximate surface area is 106 Å². The fourth-order valence-corrected chi connectivity index (χ4v) is 2.39. The second kappa shape index (κ2) is 4.99. The Morgan fingerprint density at radius 1 is 1.16 bits per heavy atom. The van der Waals surface area contributed by atoms with E-state index in [1.54, 1.807) is 0 Å². The van der Waals surface area contributed by atoms with E-state index in [1.165, 1.54) is 0 Å². The van der Waals surface area contributed by atoms with Crippen LogP contribution in [0.25, 0.3) is 0 Å². The third kappa shape index (κ3) is 2.59. The maximum Gasteiger partial charge on any atom is 0.220 e. The summed E-state index contributed by atoms with van der Waals surface area (Å²) >= 11 is 0. The number of carbonyl (C=O) groups excluding carboxylic acids is 1. The van der Waals surface area contributed by atoms with Crippen LogP contribution in [-0.4, -0.2) is 16.7 Å². The normalized spacial score (nSPS) is 23.4. The van der Waals surface area contributed by atoms with Crippen molar-refractivity contribution in [2.24, 2.45) is 0 Å². The lowest BCUT2D eigenvalue weighted by molar-refractivity contribution is -0.528. The van der Waals surface area contributed by atoms with Gasteiger partial charge in [0.05, 0.1) is 5.92 Å². The minimum absolute atomic E-state index is 0.0189. The van der Waals surface area contributed by atoms with Crippen LogP contribution >= 0.6 is 0 Å². The lowest BCUT2D eigenvalue weighted by atomic mass is 9.79. The summed E-state index contributed by atoms with van der Waals surface area (Å²) in [6.45, 7) is 0. The zero-order valence-electron chi connectivity index (χ0n) is 9.74. The molecule has 1 fully saturated rings. The highest BCUT2D eigenvalue weighted by molar-refractivity contribution is 5.80. The van der Waals surface area contributed by atoms with Crippen molar-refractivity contribution < 1.29 is 22.9 Å². The minimum Gasteiger partial charge on any atom is -0.300 e. The van der Waals surface area contributed by atoms with Crippen molar-refractivity contribution >= 4 is 5.78 Å². The van der Waals surface area contributed by atoms with E-state index in [2.05, 4.69) is 0 Å². The van der Waals surface area contributed by atoms with Crippen molar-refractivity contribution in [1.82, 2.24) is 0 Å². The Morgan fingerprint density at radius 2 is 1.79 bits per heavy atom. The van der Waals surface area contributed by atoms with Gasteiger partial charge >= 0.3 is 0 Å². The third-order valence-electron chi connectivity index (χ3n) is 3.34. The van der Waals surface area contributed by atoms with Crippen LogP contribution < -0.4 is 0 Å². The van der Waals surface area contributed by atoms with Crippen molar-refractivity contribution in [3.63, 3.8) is 0 Å². The number of nitrogens with zero attached hydrogens (tertiary/aromatic N) is 1. The van der Waals surface area contributed by atoms with Crippen molar-refractivity contribution in [2.45, 2.75) is 31.2 Å². The molecule has 102 valence electrons. The van der Waals surface area contributed by atoms with Crippen LogP contribution in [0.15, 0.2) is 12.1 Å². The van der Waals surface area contributed by atoms with Crippen LogP contribution in [0.2, 0.25) is 0 Å². The van der Waals surface area contributed by atoms with Gasteiger partial charge in [-0.2, -0.15) is 0 Å². The number of hydrogen-bond acceptors (Lipinski definition) is 3. The summed E-state index contributed by atoms with van der Waals surface area (Å²) in [6, 6.07) is -0.206. The minimum atomic E-state index is -1.36. The van der Waals surface area contributed by atoms with Gasteiger partial charge in [0, 0.05) is 35.8 Å². The van der Waals surface area contributed by atoms with Crippen molar-refractivity contribution in [3.05, 3.63) is 45.3 Å². The number of nitro groups is 1. The van der Waals surface area contributed by atoms with Crippen LogP contribution in [0.4, 0.5) is 13.2 Å². The molecule has 0 bridgehead atoms. The molecule has 4 nitrogen and oxygen atoms in total. The predicted molar refractivity (Wildman–Crippen MR) is 58.7 cm³/mol. The first-order chi connectivity index (χ1) is 8.90. The first-order valence-corrected chi connectivity index (χ1v) is 5.69. The molecule has 0 N–H and O–H groups in total. The van der Waals surface area contributed by atoms with Crippen molar-refractivity contribution in [2.75, 3.05) is 0 Å². The van der Waals surface area contributed by atoms with E-state index in [0.29, 0.717) is 12.1 Å². The van der Waals surface area contributed by atoms with Gasteiger partial charge in [-0.3, -0.25) is 14.9 Å². The van der Waals surface area contributed by atoms with Gasteiger partial charge in [-0.05, 0) is 6.07 Å². The number of benzene rings is 1. The van der Waals surface area contributed by atoms with Crippen LogP contribution in [0.1, 0.15) is 30.7 Å². The second-order valence-electron chi connectivity index (χ2n) is 4.53. The SMILES string of the molecule is O=C1CC[C@@H]([N+](=O)[O-])[C@H](c2cc(F)c(F)cc2F)C1. The highest BCUT2D eigenvalue weighted by atomic mass is 19.2. The fourth-order valence-electron chi connectivity index (χ4n) is 2.39. The largest absolute Gasteiger partial charge is 0.300 e. The summed E-state index contributed by atoms with van der Waals surface area (Å²) in [4.78, 5) is 21.7. The van der Waals surface area contributed by atoms with E-state index in [-0.39, 0.29) is 30.6 Å². The highest BCUT2D eigenvalue weighted by Gasteiger charge is 2.40. The zero-order chi connectivity index (χ0) is 14.2. The Bertz CT molecular complexity index is 547. The average Bonchev–Trinajstić information content (AvgIpc) is 2.33. The molecule has 0 radical (unpaired) electrons. The van der Waals surface area contributed by atoms with Crippen molar-refractivity contribution in [3.8, 4) is 0 Å². The molecule has 1 aliphatic rings. The van der Waals surface area contributed by atoms with Crippen molar-refractivity contribution in [1.29, 1.82) is 0 Å². The van der Waals surface area contributed by atoms with Crippen LogP contribution in [0, 0.1) is 27.6 Å². The fraction of sp³-hybridized carbons (Fsp3) is 0.417. The molecule has 19 heavy (non-hydrogen) atoms. The Morgan fingerprint density at radius 3 is 2.42 bits per heavy atom. The first-order valence-electron chi connectivity index (χ1n) is 5.69. The molecule has 0 spiro atoms. The maximum absolute atomic E-state index is 13.6. The third-order valence-corrected chi connectivity index (χ3v) is 3.34. The van der Waals surface area contributed by atoms with Gasteiger partial charge in [0.25, 0.3) is 0 Å². The van der Waals surface area contributed by atoms with Crippen LogP contribution in [0.3, 0.4) is 0 Å². The van der Waals surface area contributed by atoms with Crippen LogP contribution in [0.5, 0.6) is 0 Å². The second-order valence-corrected chi connectivity index (χ2v) is 4.53. The molecule has 0 amide bonds. The molecular weight excluding hydrogens is 263 g/mol. The number of rotatable bonds is 2. The lowest BCUT2D eigenvalue weighted by Crippen LogP contribution is -2.34. The molecule has 1 saturated carbocycles. The molecule has 0 aromatic heterocycles. The van der Waals surface area contributed by atoms with E-state index in [0.717, 1.165) is 0 Å². The first kappa shape index (κ1) is 13.5. The van der Waals surface area contributed by atoms with Crippen LogP contribution in [-0.2, 0) is 4.79 Å². The smallest absolute Gasteiger partial charge is 0.220 e. The zero-order valence-corrected chi connectivity index (χ0v) is 9.74. The number of Topliss-reactive ketones (excluding diaryl/α,β-unsaturated/α-hetero) is 1. The molecule has 2 rings (SSSR count). The number of halogens is 3. The predicted octanol–water partition coefficient (Wildman–Crippen LogP) is 2.59. The van der Waals surface area contributed by atoms with Gasteiger partial charge in [-0.15, -0.1) is 0 Å². The molecule has 1 aliphatic carbocycles. The van der Waals surface area contributed by atoms with Gasteiger partial charge in [0.1, 0.15) is 11.6 Å². The van der Waals surface area contributed by atoms with Gasteiger partial charge in [0.15, 0.2) is 11.6 Å². The topological polar surface area (TPSA) is 60.2 Å². The van der Waals surface area contributed by atoms with Gasteiger partial charge in [-0.25, -0.2) is 13.2 Å². The molecule has 1 aromatic rings. The Hall–Kier alpha value is -1.92. The Kier molecular flexibility index (Phi) is 3.55. The molecule has 0 aliphatic heterocycles. The van der Waals surface area contributed by atoms with Gasteiger partial charge in [-0.1, -0.05) is 0 Å². The molecule has 1 aromatic carbocycles. The van der Waals surface area contributed by atoms with Gasteiger partial charge in [0.2, 0.25) is 6.04 Å². The standard InChI is InChI=1S/C12H10F3NO3/c13-9-5-11(15)10(14)4-7(9)8-3-6(17)1-2-12(8)16(18)19/h4-5,8,12H,1-3H2/t8-,12+/m0/s1. The number of hydrogen-bond donors (Lipinski definition) is 0. The van der Waals surface area contributed by atoms with E-state index in [4.69, 9.17) is 0 Å². The summed E-state index contributed by atoms with van der Waals surface area (Å²) in [5.41, 5.74) is -0.311. The van der Waals surface area contributed by atoms with E-state index in [9.17, 15) is 28.1 Å².